The lowest BCUT2D eigenvalue weighted by molar-refractivity contribution is -0.132. The molecule has 0 heterocycles. The highest BCUT2D eigenvalue weighted by atomic mass is 28.4. The Morgan fingerprint density at radius 1 is 0.633 bits per heavy atom. The first-order valence-electron chi connectivity index (χ1n) is 9.46. The Balaban J connectivity index is 4.58. The second kappa shape index (κ2) is 14.0. The van der Waals surface area contributed by atoms with Crippen molar-refractivity contribution in [3.05, 3.63) is 0 Å². The number of ketones is 1. The predicted molar refractivity (Wildman–Crippen MR) is 112 cm³/mol. The minimum absolute atomic E-state index is 0.0144. The van der Waals surface area contributed by atoms with E-state index < -0.39 is 29.4 Å². The van der Waals surface area contributed by atoms with Gasteiger partial charge in [0, 0.05) is 67.3 Å². The largest absolute Gasteiger partial charge is 0.520 e. The zero-order chi connectivity index (χ0) is 23.4. The molecule has 13 heteroatoms. The van der Waals surface area contributed by atoms with Gasteiger partial charge in [-0.2, -0.15) is 0 Å². The summed E-state index contributed by atoms with van der Waals surface area (Å²) in [6.45, 7) is 3.31. The number of rotatable bonds is 16. The molecular weight excluding hydrogens is 432 g/mol. The van der Waals surface area contributed by atoms with E-state index in [-0.39, 0.29) is 42.8 Å². The molecule has 0 aliphatic heterocycles. The molecule has 0 aromatic heterocycles. The lowest BCUT2D eigenvalue weighted by atomic mass is 9.90. The van der Waals surface area contributed by atoms with Crippen LogP contribution in [-0.2, 0) is 40.9 Å². The molecule has 2 atom stereocenters. The monoisotopic (exact) mass is 468 g/mol. The van der Waals surface area contributed by atoms with Crippen molar-refractivity contribution in [2.45, 2.75) is 26.7 Å². The minimum Gasteiger partial charge on any atom is -0.376 e. The van der Waals surface area contributed by atoms with Crippen molar-refractivity contribution in [3.63, 3.8) is 0 Å². The normalized spacial score (nSPS) is 14.1. The lowest BCUT2D eigenvalue weighted by Gasteiger charge is -2.25. The van der Waals surface area contributed by atoms with Crippen LogP contribution in [0.1, 0.15) is 26.7 Å². The third kappa shape index (κ3) is 8.89. The van der Waals surface area contributed by atoms with Gasteiger partial charge in [0.05, 0.1) is 12.3 Å². The summed E-state index contributed by atoms with van der Waals surface area (Å²) in [5.74, 6) is -1.94. The van der Waals surface area contributed by atoms with Crippen molar-refractivity contribution in [2.75, 3.05) is 55.0 Å². The molecule has 0 aliphatic rings. The molecule has 2 amide bonds. The smallest absolute Gasteiger partial charge is 0.376 e. The first kappa shape index (κ1) is 28.8. The first-order valence-corrected chi connectivity index (χ1v) is 13.3. The molecule has 2 N–H and O–H groups in total. The fourth-order valence-corrected chi connectivity index (χ4v) is 5.43. The van der Waals surface area contributed by atoms with Crippen molar-refractivity contribution in [1.29, 1.82) is 0 Å². The van der Waals surface area contributed by atoms with Crippen LogP contribution in [0.2, 0.25) is 0 Å². The van der Waals surface area contributed by atoms with E-state index in [1.54, 1.807) is 13.8 Å². The maximum Gasteiger partial charge on any atom is 0.520 e. The summed E-state index contributed by atoms with van der Waals surface area (Å²) in [4.78, 5) is 36.9. The van der Waals surface area contributed by atoms with Crippen LogP contribution in [0.4, 0.5) is 0 Å². The summed E-state index contributed by atoms with van der Waals surface area (Å²) in [6, 6.07) is 0. The van der Waals surface area contributed by atoms with Gasteiger partial charge in [-0.3, -0.25) is 14.4 Å². The standard InChI is InChI=1S/C17H36N2O9Si2/c1-13(9-15(20)18-11-29(23-3,24-4)25-5)17(22)14(2)10-16(21)19-12-30(26-6,27-7)28-8/h13-14H,9-12H2,1-8H3,(H,18,20)(H,19,21). The van der Waals surface area contributed by atoms with Gasteiger partial charge in [0.15, 0.2) is 0 Å². The molecule has 0 aromatic rings. The Morgan fingerprint density at radius 2 is 0.900 bits per heavy atom. The number of amides is 2. The van der Waals surface area contributed by atoms with Crippen LogP contribution in [0.15, 0.2) is 0 Å². The molecule has 0 aliphatic carbocycles. The van der Waals surface area contributed by atoms with Gasteiger partial charge in [-0.25, -0.2) is 0 Å². The highest BCUT2D eigenvalue weighted by Crippen LogP contribution is 2.15. The first-order chi connectivity index (χ1) is 14.1. The molecule has 176 valence electrons. The van der Waals surface area contributed by atoms with E-state index in [1.807, 2.05) is 0 Å². The van der Waals surface area contributed by atoms with Gasteiger partial charge in [-0.15, -0.1) is 0 Å². The third-order valence-electron chi connectivity index (χ3n) is 4.82. The Morgan fingerprint density at radius 3 is 1.13 bits per heavy atom. The van der Waals surface area contributed by atoms with Crippen molar-refractivity contribution in [3.8, 4) is 0 Å². The second-order valence-electron chi connectivity index (χ2n) is 6.76. The second-order valence-corrected chi connectivity index (χ2v) is 12.6. The summed E-state index contributed by atoms with van der Waals surface area (Å²) in [5.41, 5.74) is 0. The van der Waals surface area contributed by atoms with E-state index in [0.29, 0.717) is 0 Å². The predicted octanol–water partition coefficient (Wildman–Crippen LogP) is -0.325. The molecule has 0 fully saturated rings. The highest BCUT2D eigenvalue weighted by molar-refractivity contribution is 6.61. The summed E-state index contributed by atoms with van der Waals surface area (Å²) < 4.78 is 31.4. The molecule has 0 rings (SSSR count). The molecule has 0 saturated heterocycles. The number of hydrogen-bond acceptors (Lipinski definition) is 9. The summed E-state index contributed by atoms with van der Waals surface area (Å²) in [7, 11) is 2.82. The van der Waals surface area contributed by atoms with Crippen molar-refractivity contribution < 1.29 is 40.9 Å². The average Bonchev–Trinajstić information content (AvgIpc) is 2.75. The molecule has 2 unspecified atom stereocenters. The van der Waals surface area contributed by atoms with Gasteiger partial charge in [-0.05, 0) is 0 Å². The highest BCUT2D eigenvalue weighted by Gasteiger charge is 2.39. The van der Waals surface area contributed by atoms with Crippen LogP contribution in [-0.4, -0.2) is 90.2 Å². The third-order valence-corrected chi connectivity index (χ3v) is 9.78. The van der Waals surface area contributed by atoms with E-state index in [2.05, 4.69) is 10.6 Å². The zero-order valence-electron chi connectivity index (χ0n) is 19.2. The molecule has 0 saturated carbocycles. The maximum absolute atomic E-state index is 12.6. The van der Waals surface area contributed by atoms with Gasteiger partial charge in [0.1, 0.15) is 5.78 Å². The molecule has 0 radical (unpaired) electrons. The van der Waals surface area contributed by atoms with E-state index in [9.17, 15) is 14.4 Å². The van der Waals surface area contributed by atoms with Crippen LogP contribution >= 0.6 is 0 Å². The molecule has 0 bridgehead atoms. The zero-order valence-corrected chi connectivity index (χ0v) is 21.2. The molecule has 30 heavy (non-hydrogen) atoms. The minimum atomic E-state index is -2.93. The Hall–Kier alpha value is -1.20. The van der Waals surface area contributed by atoms with E-state index in [1.165, 1.54) is 42.7 Å². The molecular formula is C17H36N2O9Si2. The van der Waals surface area contributed by atoms with Crippen LogP contribution < -0.4 is 10.6 Å². The fraction of sp³-hybridized carbons (Fsp3) is 0.824. The Bertz CT molecular complexity index is 495. The Labute approximate surface area is 180 Å². The van der Waals surface area contributed by atoms with Crippen LogP contribution in [0, 0.1) is 11.8 Å². The SMILES string of the molecule is CO[Si](CNC(=O)CC(C)C(=O)C(C)CC(=O)NC[Si](OC)(OC)OC)(OC)OC. The Kier molecular flexibility index (Phi) is 13.4. The summed E-state index contributed by atoms with van der Waals surface area (Å²) >= 11 is 0. The summed E-state index contributed by atoms with van der Waals surface area (Å²) in [6.07, 6.45) is 0.162. The molecule has 0 spiro atoms. The van der Waals surface area contributed by atoms with Gasteiger partial charge in [0.2, 0.25) is 11.8 Å². The quantitative estimate of drug-likeness (QED) is 0.292. The van der Waals surface area contributed by atoms with Gasteiger partial charge >= 0.3 is 17.6 Å². The van der Waals surface area contributed by atoms with Gasteiger partial charge in [0.25, 0.3) is 0 Å². The van der Waals surface area contributed by atoms with Crippen LogP contribution in [0.5, 0.6) is 0 Å². The van der Waals surface area contributed by atoms with E-state index >= 15 is 0 Å². The van der Waals surface area contributed by atoms with E-state index in [0.717, 1.165) is 0 Å². The molecule has 0 aromatic carbocycles. The topological polar surface area (TPSA) is 131 Å². The van der Waals surface area contributed by atoms with E-state index in [4.69, 9.17) is 26.6 Å². The van der Waals surface area contributed by atoms with Crippen molar-refractivity contribution >= 4 is 35.2 Å². The lowest BCUT2D eigenvalue weighted by Crippen LogP contribution is -2.53. The van der Waals surface area contributed by atoms with Crippen molar-refractivity contribution in [1.82, 2.24) is 10.6 Å². The van der Waals surface area contributed by atoms with Gasteiger partial charge < -0.3 is 37.2 Å². The van der Waals surface area contributed by atoms with Crippen molar-refractivity contribution in [2.24, 2.45) is 11.8 Å². The average molecular weight is 469 g/mol. The fourth-order valence-electron chi connectivity index (χ4n) is 2.73. The van der Waals surface area contributed by atoms with Gasteiger partial charge in [-0.1, -0.05) is 13.8 Å². The van der Waals surface area contributed by atoms with Crippen LogP contribution in [0.3, 0.4) is 0 Å². The molecule has 11 nitrogen and oxygen atoms in total. The number of hydrogen-bond donors (Lipinski definition) is 2. The number of Topliss-reactive ketones (excluding diaryl/α,β-unsaturated/α-hetero) is 1. The van der Waals surface area contributed by atoms with Crippen LogP contribution in [0.25, 0.3) is 0 Å². The number of nitrogens with one attached hydrogen (secondary N) is 2. The number of carbonyl (C=O) groups is 3. The number of carbonyl (C=O) groups excluding carboxylic acids is 3. The summed E-state index contributed by atoms with van der Waals surface area (Å²) in [5, 5.41) is 5.35. The maximum atomic E-state index is 12.6.